The lowest BCUT2D eigenvalue weighted by molar-refractivity contribution is -0.0206. The Morgan fingerprint density at radius 3 is 2.41 bits per heavy atom. The zero-order valence-corrected chi connectivity index (χ0v) is 11.3. The van der Waals surface area contributed by atoms with Gasteiger partial charge in [0.25, 0.3) is 0 Å². The van der Waals surface area contributed by atoms with Gasteiger partial charge in [0.1, 0.15) is 0 Å². The summed E-state index contributed by atoms with van der Waals surface area (Å²) in [7, 11) is 0. The summed E-state index contributed by atoms with van der Waals surface area (Å²) in [6.45, 7) is 10.4. The predicted molar refractivity (Wildman–Crippen MR) is 71.4 cm³/mol. The predicted octanol–water partition coefficient (Wildman–Crippen LogP) is 2.61. The van der Waals surface area contributed by atoms with Gasteiger partial charge >= 0.3 is 0 Å². The van der Waals surface area contributed by atoms with E-state index in [0.29, 0.717) is 6.10 Å². The molecule has 1 aromatic carbocycles. The van der Waals surface area contributed by atoms with E-state index >= 15 is 0 Å². The van der Waals surface area contributed by atoms with Crippen LogP contribution < -0.4 is 5.32 Å². The van der Waals surface area contributed by atoms with Crippen LogP contribution in [0.5, 0.6) is 0 Å². The number of morpholine rings is 1. The van der Waals surface area contributed by atoms with Crippen LogP contribution in [0.1, 0.15) is 30.5 Å². The molecule has 1 aliphatic rings. The van der Waals surface area contributed by atoms with Gasteiger partial charge in [-0.05, 0) is 39.7 Å². The number of aryl methyl sites for hydroxylation is 2. The van der Waals surface area contributed by atoms with E-state index in [0.717, 1.165) is 19.6 Å². The summed E-state index contributed by atoms with van der Waals surface area (Å²) in [6, 6.07) is 6.73. The highest BCUT2D eigenvalue weighted by Gasteiger charge is 2.26. The zero-order valence-electron chi connectivity index (χ0n) is 11.3. The lowest BCUT2D eigenvalue weighted by Crippen LogP contribution is -2.53. The molecule has 1 fully saturated rings. The highest BCUT2D eigenvalue weighted by Crippen LogP contribution is 2.16. The largest absolute Gasteiger partial charge is 0.375 e. The van der Waals surface area contributed by atoms with Crippen molar-refractivity contribution in [3.63, 3.8) is 0 Å². The van der Waals surface area contributed by atoms with E-state index in [1.165, 1.54) is 16.7 Å². The van der Waals surface area contributed by atoms with Gasteiger partial charge in [-0.25, -0.2) is 0 Å². The monoisotopic (exact) mass is 233 g/mol. The lowest BCUT2D eigenvalue weighted by Gasteiger charge is -2.36. The smallest absolute Gasteiger partial charge is 0.0740 e. The fraction of sp³-hybridized carbons (Fsp3) is 0.600. The minimum absolute atomic E-state index is 0.124. The number of nitrogens with one attached hydrogen (secondary N) is 1. The Morgan fingerprint density at radius 2 is 1.88 bits per heavy atom. The van der Waals surface area contributed by atoms with Gasteiger partial charge in [-0.2, -0.15) is 0 Å². The van der Waals surface area contributed by atoms with Crippen LogP contribution in [-0.2, 0) is 11.2 Å². The molecular formula is C15H23NO. The second kappa shape index (κ2) is 4.79. The number of hydrogen-bond acceptors (Lipinski definition) is 2. The molecular weight excluding hydrogens is 210 g/mol. The van der Waals surface area contributed by atoms with E-state index in [4.69, 9.17) is 4.74 Å². The van der Waals surface area contributed by atoms with E-state index in [1.807, 2.05) is 0 Å². The fourth-order valence-corrected chi connectivity index (χ4v) is 2.41. The maximum Gasteiger partial charge on any atom is 0.0740 e. The molecule has 1 aliphatic heterocycles. The molecule has 1 aromatic rings. The van der Waals surface area contributed by atoms with E-state index in [-0.39, 0.29) is 5.54 Å². The normalized spacial score (nSPS) is 23.6. The standard InChI is InChI=1S/C15H23NO/c1-11-5-12(2)7-13(6-11)8-14-9-16-15(3,4)10-17-14/h5-7,14,16H,8-10H2,1-4H3. The SMILES string of the molecule is Cc1cc(C)cc(CC2CNC(C)(C)CO2)c1. The molecule has 17 heavy (non-hydrogen) atoms. The van der Waals surface area contributed by atoms with Gasteiger partial charge in [-0.1, -0.05) is 29.3 Å². The molecule has 1 saturated heterocycles. The zero-order chi connectivity index (χ0) is 12.5. The maximum atomic E-state index is 5.91. The van der Waals surface area contributed by atoms with Crippen LogP contribution in [0.2, 0.25) is 0 Å². The highest BCUT2D eigenvalue weighted by atomic mass is 16.5. The summed E-state index contributed by atoms with van der Waals surface area (Å²) in [5.41, 5.74) is 4.18. The van der Waals surface area contributed by atoms with Crippen LogP contribution in [0.4, 0.5) is 0 Å². The molecule has 2 nitrogen and oxygen atoms in total. The second-order valence-electron chi connectivity index (χ2n) is 5.90. The summed E-state index contributed by atoms with van der Waals surface area (Å²) in [5.74, 6) is 0. The highest BCUT2D eigenvalue weighted by molar-refractivity contribution is 5.29. The Labute approximate surface area is 104 Å². The third-order valence-corrected chi connectivity index (χ3v) is 3.23. The third-order valence-electron chi connectivity index (χ3n) is 3.23. The molecule has 0 aliphatic carbocycles. The molecule has 0 amide bonds. The quantitative estimate of drug-likeness (QED) is 0.848. The summed E-state index contributed by atoms with van der Waals surface area (Å²) in [5, 5.41) is 3.53. The first kappa shape index (κ1) is 12.6. The van der Waals surface area contributed by atoms with Crippen molar-refractivity contribution in [2.24, 2.45) is 0 Å². The van der Waals surface area contributed by atoms with E-state index < -0.39 is 0 Å². The van der Waals surface area contributed by atoms with Crippen molar-refractivity contribution in [2.75, 3.05) is 13.2 Å². The Bertz CT molecular complexity index is 368. The minimum Gasteiger partial charge on any atom is -0.375 e. The Morgan fingerprint density at radius 1 is 1.24 bits per heavy atom. The van der Waals surface area contributed by atoms with Crippen molar-refractivity contribution in [1.29, 1.82) is 0 Å². The number of ether oxygens (including phenoxy) is 1. The Kier molecular flexibility index (Phi) is 3.55. The van der Waals surface area contributed by atoms with Crippen molar-refractivity contribution >= 4 is 0 Å². The molecule has 1 heterocycles. The number of hydrogen-bond donors (Lipinski definition) is 1. The van der Waals surface area contributed by atoms with Crippen LogP contribution in [0.3, 0.4) is 0 Å². The van der Waals surface area contributed by atoms with Crippen LogP contribution in [-0.4, -0.2) is 24.8 Å². The molecule has 1 N–H and O–H groups in total. The molecule has 0 bridgehead atoms. The van der Waals surface area contributed by atoms with Crippen molar-refractivity contribution in [3.8, 4) is 0 Å². The van der Waals surface area contributed by atoms with Gasteiger partial charge in [-0.15, -0.1) is 0 Å². The fourth-order valence-electron chi connectivity index (χ4n) is 2.41. The number of benzene rings is 1. The molecule has 94 valence electrons. The van der Waals surface area contributed by atoms with E-state index in [1.54, 1.807) is 0 Å². The summed E-state index contributed by atoms with van der Waals surface area (Å²) >= 11 is 0. The van der Waals surface area contributed by atoms with Gasteiger partial charge in [0.15, 0.2) is 0 Å². The van der Waals surface area contributed by atoms with Crippen LogP contribution in [0, 0.1) is 13.8 Å². The molecule has 0 radical (unpaired) electrons. The van der Waals surface area contributed by atoms with Crippen molar-refractivity contribution < 1.29 is 4.74 Å². The molecule has 2 rings (SSSR count). The first-order chi connectivity index (χ1) is 7.94. The van der Waals surface area contributed by atoms with E-state index in [9.17, 15) is 0 Å². The van der Waals surface area contributed by atoms with Crippen molar-refractivity contribution in [2.45, 2.75) is 45.8 Å². The van der Waals surface area contributed by atoms with Crippen LogP contribution in [0.25, 0.3) is 0 Å². The molecule has 1 atom stereocenters. The van der Waals surface area contributed by atoms with Crippen molar-refractivity contribution in [1.82, 2.24) is 5.32 Å². The van der Waals surface area contributed by atoms with Crippen molar-refractivity contribution in [3.05, 3.63) is 34.9 Å². The average Bonchev–Trinajstić information content (AvgIpc) is 2.20. The van der Waals surface area contributed by atoms with Gasteiger partial charge in [0, 0.05) is 12.1 Å². The first-order valence-corrected chi connectivity index (χ1v) is 6.38. The summed E-state index contributed by atoms with van der Waals surface area (Å²) in [4.78, 5) is 0. The summed E-state index contributed by atoms with van der Waals surface area (Å²) in [6.07, 6.45) is 1.32. The molecule has 0 aromatic heterocycles. The van der Waals surface area contributed by atoms with E-state index in [2.05, 4.69) is 51.2 Å². The van der Waals surface area contributed by atoms with Crippen LogP contribution >= 0.6 is 0 Å². The third kappa shape index (κ3) is 3.55. The molecule has 0 saturated carbocycles. The van der Waals surface area contributed by atoms with Gasteiger partial charge < -0.3 is 10.1 Å². The average molecular weight is 233 g/mol. The van der Waals surface area contributed by atoms with Gasteiger partial charge in [0.05, 0.1) is 12.7 Å². The van der Waals surface area contributed by atoms with Gasteiger partial charge in [-0.3, -0.25) is 0 Å². The van der Waals surface area contributed by atoms with Crippen LogP contribution in [0.15, 0.2) is 18.2 Å². The Hall–Kier alpha value is -0.860. The molecule has 2 heteroatoms. The second-order valence-corrected chi connectivity index (χ2v) is 5.90. The van der Waals surface area contributed by atoms with Gasteiger partial charge in [0.2, 0.25) is 0 Å². The molecule has 1 unspecified atom stereocenters. The lowest BCUT2D eigenvalue weighted by atomic mass is 9.99. The maximum absolute atomic E-state index is 5.91. The first-order valence-electron chi connectivity index (χ1n) is 6.38. The summed E-state index contributed by atoms with van der Waals surface area (Å²) < 4.78 is 5.91. The molecule has 0 spiro atoms. The Balaban J connectivity index is 1.97. The number of rotatable bonds is 2. The minimum atomic E-state index is 0.124. The topological polar surface area (TPSA) is 21.3 Å².